The molecule has 0 bridgehead atoms. The fraction of sp³-hybridized carbons (Fsp3) is 0.130. The van der Waals surface area contributed by atoms with Crippen LogP contribution in [0.5, 0.6) is 0 Å². The molecule has 4 rings (SSSR count). The number of hydrogen-bond donors (Lipinski definition) is 2. The normalized spacial score (nSPS) is 10.8. The number of halogens is 1. The Morgan fingerprint density at radius 3 is 2.48 bits per heavy atom. The standard InChI is InChI=1S/C23H18FN7O2/c1-11-17(12(2)31(30-11)10-14-7-6-13(8-25)9-28-14)19-20(22(26)32)18-15(24)4-3-5-16(18)29-21(19)23(27)33/h3-7,9H,10H2,1-2H3,(H2,26,32)(H2,27,33). The lowest BCUT2D eigenvalue weighted by atomic mass is 9.92. The van der Waals surface area contributed by atoms with Gasteiger partial charge < -0.3 is 11.5 Å². The molecule has 4 aromatic rings. The first kappa shape index (κ1) is 21.6. The Labute approximate surface area is 187 Å². The van der Waals surface area contributed by atoms with E-state index in [4.69, 9.17) is 16.7 Å². The van der Waals surface area contributed by atoms with Crippen LogP contribution < -0.4 is 11.5 Å². The highest BCUT2D eigenvalue weighted by Gasteiger charge is 2.28. The number of amides is 2. The van der Waals surface area contributed by atoms with Crippen molar-refractivity contribution in [1.82, 2.24) is 19.7 Å². The first-order valence-corrected chi connectivity index (χ1v) is 9.84. The van der Waals surface area contributed by atoms with Crippen LogP contribution in [0.25, 0.3) is 22.0 Å². The summed E-state index contributed by atoms with van der Waals surface area (Å²) in [6, 6.07) is 9.42. The molecule has 0 saturated heterocycles. The number of carbonyl (C=O) groups is 2. The molecule has 10 heteroatoms. The molecule has 1 aromatic carbocycles. The van der Waals surface area contributed by atoms with Crippen molar-refractivity contribution in [3.05, 3.63) is 76.2 Å². The Kier molecular flexibility index (Phi) is 5.31. The Bertz CT molecular complexity index is 1480. The van der Waals surface area contributed by atoms with Crippen LogP contribution in [0.15, 0.2) is 36.5 Å². The topological polar surface area (TPSA) is 154 Å². The van der Waals surface area contributed by atoms with Crippen LogP contribution in [0.1, 0.15) is 43.5 Å². The summed E-state index contributed by atoms with van der Waals surface area (Å²) in [4.78, 5) is 33.4. The molecule has 9 nitrogen and oxygen atoms in total. The minimum atomic E-state index is -0.926. The number of benzene rings is 1. The van der Waals surface area contributed by atoms with Crippen molar-refractivity contribution in [3.63, 3.8) is 0 Å². The van der Waals surface area contributed by atoms with E-state index in [1.54, 1.807) is 30.7 Å². The lowest BCUT2D eigenvalue weighted by Crippen LogP contribution is -2.21. The number of pyridine rings is 2. The van der Waals surface area contributed by atoms with Crippen molar-refractivity contribution in [1.29, 1.82) is 5.26 Å². The second kappa shape index (κ2) is 8.12. The number of nitrogens with two attached hydrogens (primary N) is 2. The Morgan fingerprint density at radius 2 is 1.88 bits per heavy atom. The third kappa shape index (κ3) is 3.65. The highest BCUT2D eigenvalue weighted by Crippen LogP contribution is 2.36. The van der Waals surface area contributed by atoms with Gasteiger partial charge in [0.05, 0.1) is 34.6 Å². The summed E-state index contributed by atoms with van der Waals surface area (Å²) >= 11 is 0. The Hall–Kier alpha value is -4.65. The summed E-state index contributed by atoms with van der Waals surface area (Å²) in [6.07, 6.45) is 1.45. The number of hydrogen-bond acceptors (Lipinski definition) is 6. The van der Waals surface area contributed by atoms with Crippen LogP contribution in [0.3, 0.4) is 0 Å². The molecule has 0 radical (unpaired) electrons. The van der Waals surface area contributed by atoms with Crippen LogP contribution in [0.4, 0.5) is 4.39 Å². The molecular formula is C23H18FN7O2. The number of primary amides is 2. The van der Waals surface area contributed by atoms with E-state index in [0.29, 0.717) is 28.2 Å². The SMILES string of the molecule is Cc1nn(Cc2ccc(C#N)cn2)c(C)c1-c1c(C(N)=O)nc2cccc(F)c2c1C(N)=O. The predicted octanol–water partition coefficient (Wildman–Crippen LogP) is 2.37. The van der Waals surface area contributed by atoms with Gasteiger partial charge in [-0.05, 0) is 38.1 Å². The predicted molar refractivity (Wildman–Crippen MR) is 117 cm³/mol. The molecule has 0 spiro atoms. The van der Waals surface area contributed by atoms with E-state index in [1.165, 1.54) is 24.4 Å². The molecule has 0 atom stereocenters. The third-order valence-corrected chi connectivity index (χ3v) is 5.34. The number of nitrogens with zero attached hydrogens (tertiary/aromatic N) is 5. The van der Waals surface area contributed by atoms with Gasteiger partial charge in [0.25, 0.3) is 5.91 Å². The molecule has 3 heterocycles. The van der Waals surface area contributed by atoms with Crippen LogP contribution in [0, 0.1) is 31.0 Å². The summed E-state index contributed by atoms with van der Waals surface area (Å²) in [5.41, 5.74) is 13.5. The second-order valence-electron chi connectivity index (χ2n) is 7.43. The van der Waals surface area contributed by atoms with Crippen molar-refractivity contribution in [2.45, 2.75) is 20.4 Å². The first-order valence-electron chi connectivity index (χ1n) is 9.84. The molecule has 3 aromatic heterocycles. The van der Waals surface area contributed by atoms with Gasteiger partial charge in [-0.25, -0.2) is 9.37 Å². The minimum absolute atomic E-state index is 0.0432. The van der Waals surface area contributed by atoms with Crippen molar-refractivity contribution < 1.29 is 14.0 Å². The lowest BCUT2D eigenvalue weighted by molar-refractivity contribution is 0.0996. The Balaban J connectivity index is 1.99. The molecule has 33 heavy (non-hydrogen) atoms. The number of rotatable bonds is 5. The molecule has 0 unspecified atom stereocenters. The van der Waals surface area contributed by atoms with Gasteiger partial charge in [-0.3, -0.25) is 19.3 Å². The van der Waals surface area contributed by atoms with Crippen molar-refractivity contribution >= 4 is 22.7 Å². The van der Waals surface area contributed by atoms with Gasteiger partial charge in [0.15, 0.2) is 0 Å². The van der Waals surface area contributed by atoms with Crippen molar-refractivity contribution in [3.8, 4) is 17.2 Å². The number of carbonyl (C=O) groups excluding carboxylic acids is 2. The fourth-order valence-electron chi connectivity index (χ4n) is 3.89. The van der Waals surface area contributed by atoms with Gasteiger partial charge >= 0.3 is 0 Å². The smallest absolute Gasteiger partial charge is 0.267 e. The van der Waals surface area contributed by atoms with Gasteiger partial charge in [0.1, 0.15) is 17.6 Å². The number of nitriles is 1. The summed E-state index contributed by atoms with van der Waals surface area (Å²) in [6.45, 7) is 3.68. The summed E-state index contributed by atoms with van der Waals surface area (Å²) in [5, 5.41) is 13.4. The number of fused-ring (bicyclic) bond motifs is 1. The maximum absolute atomic E-state index is 14.8. The number of aryl methyl sites for hydroxylation is 1. The summed E-state index contributed by atoms with van der Waals surface area (Å²) in [7, 11) is 0. The zero-order valence-corrected chi connectivity index (χ0v) is 17.8. The monoisotopic (exact) mass is 443 g/mol. The average Bonchev–Trinajstić information content (AvgIpc) is 3.05. The van der Waals surface area contributed by atoms with Gasteiger partial charge in [0, 0.05) is 28.4 Å². The zero-order valence-electron chi connectivity index (χ0n) is 17.8. The van der Waals surface area contributed by atoms with E-state index < -0.39 is 17.6 Å². The molecular weight excluding hydrogens is 425 g/mol. The lowest BCUT2D eigenvalue weighted by Gasteiger charge is -2.15. The molecule has 0 aliphatic heterocycles. The molecule has 0 aliphatic carbocycles. The molecule has 4 N–H and O–H groups in total. The molecule has 2 amide bonds. The van der Waals surface area contributed by atoms with E-state index in [0.717, 1.165) is 0 Å². The quantitative estimate of drug-likeness (QED) is 0.483. The van der Waals surface area contributed by atoms with Gasteiger partial charge in [-0.1, -0.05) is 6.07 Å². The largest absolute Gasteiger partial charge is 0.366 e. The van der Waals surface area contributed by atoms with Crippen molar-refractivity contribution in [2.24, 2.45) is 11.5 Å². The third-order valence-electron chi connectivity index (χ3n) is 5.34. The maximum atomic E-state index is 14.8. The van der Waals surface area contributed by atoms with Gasteiger partial charge in [-0.2, -0.15) is 10.4 Å². The highest BCUT2D eigenvalue weighted by atomic mass is 19.1. The van der Waals surface area contributed by atoms with Crippen LogP contribution >= 0.6 is 0 Å². The maximum Gasteiger partial charge on any atom is 0.267 e. The summed E-state index contributed by atoms with van der Waals surface area (Å²) in [5.74, 6) is -2.51. The molecule has 164 valence electrons. The minimum Gasteiger partial charge on any atom is -0.366 e. The second-order valence-corrected chi connectivity index (χ2v) is 7.43. The molecule has 0 aliphatic rings. The fourth-order valence-corrected chi connectivity index (χ4v) is 3.89. The Morgan fingerprint density at radius 1 is 1.12 bits per heavy atom. The van der Waals surface area contributed by atoms with Gasteiger partial charge in [-0.15, -0.1) is 0 Å². The van der Waals surface area contributed by atoms with Crippen LogP contribution in [0.2, 0.25) is 0 Å². The van der Waals surface area contributed by atoms with Gasteiger partial charge in [0.2, 0.25) is 5.91 Å². The van der Waals surface area contributed by atoms with E-state index in [1.807, 2.05) is 6.07 Å². The zero-order chi connectivity index (χ0) is 23.9. The summed E-state index contributed by atoms with van der Waals surface area (Å²) < 4.78 is 16.4. The van der Waals surface area contributed by atoms with Crippen molar-refractivity contribution in [2.75, 3.05) is 0 Å². The average molecular weight is 443 g/mol. The molecule has 0 saturated carbocycles. The first-order chi connectivity index (χ1) is 15.7. The van der Waals surface area contributed by atoms with E-state index in [-0.39, 0.29) is 34.3 Å². The molecule has 0 fully saturated rings. The van der Waals surface area contributed by atoms with E-state index >= 15 is 0 Å². The van der Waals surface area contributed by atoms with Crippen LogP contribution in [-0.4, -0.2) is 31.6 Å². The van der Waals surface area contributed by atoms with E-state index in [9.17, 15) is 14.0 Å². The van der Waals surface area contributed by atoms with Crippen LogP contribution in [-0.2, 0) is 6.54 Å². The number of aromatic nitrogens is 4. The highest BCUT2D eigenvalue weighted by molar-refractivity contribution is 6.15. The van der Waals surface area contributed by atoms with E-state index in [2.05, 4.69) is 15.1 Å².